The largest absolute Gasteiger partial charge is 0.390 e. The number of halogens is 1. The smallest absolute Gasteiger partial charge is 0.162 e. The highest BCUT2D eigenvalue weighted by Gasteiger charge is 2.23. The molecule has 96 valence electrons. The van der Waals surface area contributed by atoms with E-state index in [1.54, 1.807) is 0 Å². The molecule has 1 rings (SSSR count). The third-order valence-corrected chi connectivity index (χ3v) is 2.42. The molecule has 0 aliphatic rings. The molecule has 2 unspecified atom stereocenters. The maximum absolute atomic E-state index is 13.9. The summed E-state index contributed by atoms with van der Waals surface area (Å²) in [5, 5.41) is 22.3. The van der Waals surface area contributed by atoms with Crippen molar-refractivity contribution in [1.29, 1.82) is 0 Å². The van der Waals surface area contributed by atoms with E-state index in [0.29, 0.717) is 0 Å². The van der Waals surface area contributed by atoms with Gasteiger partial charge in [0.2, 0.25) is 0 Å². The lowest BCUT2D eigenvalue weighted by Gasteiger charge is -2.17. The van der Waals surface area contributed by atoms with Crippen molar-refractivity contribution in [2.24, 2.45) is 5.11 Å². The van der Waals surface area contributed by atoms with E-state index in [0.717, 1.165) is 0 Å². The van der Waals surface area contributed by atoms with Gasteiger partial charge in [-0.2, -0.15) is 0 Å². The Bertz CT molecular complexity index is 500. The molecule has 0 saturated carbocycles. The minimum absolute atomic E-state index is 0.164. The molecular weight excluding hydrogens is 241 g/mol. The number of hydrogen-bond acceptors (Lipinski definition) is 4. The minimum atomic E-state index is -1.56. The topological polar surface area (TPSA) is 106 Å². The van der Waals surface area contributed by atoms with Crippen LogP contribution in [-0.2, 0) is 0 Å². The summed E-state index contributed by atoms with van der Waals surface area (Å²) < 4.78 is 13.9. The Labute approximate surface area is 102 Å². The summed E-state index contributed by atoms with van der Waals surface area (Å²) in [5.41, 5.74) is 7.72. The number of hydrogen-bond donors (Lipinski definition) is 2. The summed E-state index contributed by atoms with van der Waals surface area (Å²) in [6.07, 6.45) is -2.99. The van der Waals surface area contributed by atoms with E-state index in [-0.39, 0.29) is 17.7 Å². The number of aliphatic hydroxyl groups excluding tert-OH is 2. The van der Waals surface area contributed by atoms with Gasteiger partial charge in [0.05, 0.1) is 18.2 Å². The molecule has 0 bridgehead atoms. The van der Waals surface area contributed by atoms with Crippen LogP contribution in [0.3, 0.4) is 0 Å². The van der Waals surface area contributed by atoms with Gasteiger partial charge < -0.3 is 10.2 Å². The Balaban J connectivity index is 3.05. The normalized spacial score (nSPS) is 13.6. The minimum Gasteiger partial charge on any atom is -0.390 e. The van der Waals surface area contributed by atoms with Gasteiger partial charge in [0.15, 0.2) is 5.78 Å². The first-order chi connectivity index (χ1) is 8.49. The maximum atomic E-state index is 13.9. The van der Waals surface area contributed by atoms with Crippen LogP contribution in [0.2, 0.25) is 0 Å². The van der Waals surface area contributed by atoms with E-state index in [1.807, 2.05) is 0 Å². The number of carbonyl (C=O) groups is 1. The second-order valence-corrected chi connectivity index (χ2v) is 3.69. The zero-order valence-electron chi connectivity index (χ0n) is 9.62. The predicted molar refractivity (Wildman–Crippen MR) is 61.4 cm³/mol. The van der Waals surface area contributed by atoms with Crippen LogP contribution in [-0.4, -0.2) is 28.6 Å². The second-order valence-electron chi connectivity index (χ2n) is 3.69. The van der Waals surface area contributed by atoms with Crippen molar-refractivity contribution >= 4 is 5.78 Å². The molecule has 18 heavy (non-hydrogen) atoms. The molecule has 2 N–H and O–H groups in total. The SMILES string of the molecule is CC(=O)c1cccc(C(O)C(O)CN=[N+]=[N-])c1F. The maximum Gasteiger partial charge on any atom is 0.162 e. The van der Waals surface area contributed by atoms with Crippen molar-refractivity contribution in [1.82, 2.24) is 0 Å². The lowest BCUT2D eigenvalue weighted by atomic mass is 9.99. The van der Waals surface area contributed by atoms with E-state index in [4.69, 9.17) is 5.53 Å². The van der Waals surface area contributed by atoms with Gasteiger partial charge >= 0.3 is 0 Å². The Morgan fingerprint density at radius 3 is 2.78 bits per heavy atom. The predicted octanol–water partition coefficient (Wildman–Crippen LogP) is 1.73. The van der Waals surface area contributed by atoms with Crippen molar-refractivity contribution in [3.05, 3.63) is 45.6 Å². The van der Waals surface area contributed by atoms with Gasteiger partial charge in [-0.15, -0.1) is 0 Å². The highest BCUT2D eigenvalue weighted by Crippen LogP contribution is 2.23. The first-order valence-corrected chi connectivity index (χ1v) is 5.15. The van der Waals surface area contributed by atoms with E-state index in [9.17, 15) is 19.4 Å². The van der Waals surface area contributed by atoms with Crippen molar-refractivity contribution in [2.75, 3.05) is 6.54 Å². The monoisotopic (exact) mass is 253 g/mol. The molecule has 0 aromatic heterocycles. The van der Waals surface area contributed by atoms with Crippen LogP contribution >= 0.6 is 0 Å². The number of benzene rings is 1. The average Bonchev–Trinajstić information content (AvgIpc) is 2.35. The van der Waals surface area contributed by atoms with E-state index >= 15 is 0 Å². The van der Waals surface area contributed by atoms with Crippen molar-refractivity contribution in [3.63, 3.8) is 0 Å². The molecule has 6 nitrogen and oxygen atoms in total. The summed E-state index contributed by atoms with van der Waals surface area (Å²) in [7, 11) is 0. The molecule has 7 heteroatoms. The van der Waals surface area contributed by atoms with E-state index < -0.39 is 23.8 Å². The molecule has 0 amide bonds. The zero-order valence-corrected chi connectivity index (χ0v) is 9.62. The lowest BCUT2D eigenvalue weighted by Crippen LogP contribution is -2.22. The summed E-state index contributed by atoms with van der Waals surface area (Å²) in [4.78, 5) is 13.6. The summed E-state index contributed by atoms with van der Waals surface area (Å²) in [6.45, 7) is 0.812. The number of azide groups is 1. The van der Waals surface area contributed by atoms with Gasteiger partial charge in [-0.05, 0) is 18.5 Å². The van der Waals surface area contributed by atoms with Gasteiger partial charge in [0.1, 0.15) is 11.9 Å². The molecule has 0 aliphatic heterocycles. The average molecular weight is 253 g/mol. The third-order valence-electron chi connectivity index (χ3n) is 2.42. The fourth-order valence-electron chi connectivity index (χ4n) is 1.48. The van der Waals surface area contributed by atoms with E-state index in [1.165, 1.54) is 25.1 Å². The van der Waals surface area contributed by atoms with Crippen LogP contribution < -0.4 is 0 Å². The molecular formula is C11H12FN3O3. The van der Waals surface area contributed by atoms with Crippen LogP contribution in [0.15, 0.2) is 23.3 Å². The lowest BCUT2D eigenvalue weighted by molar-refractivity contribution is 0.0222. The van der Waals surface area contributed by atoms with Gasteiger partial charge in [0.25, 0.3) is 0 Å². The van der Waals surface area contributed by atoms with Gasteiger partial charge in [0, 0.05) is 10.5 Å². The van der Waals surface area contributed by atoms with Crippen molar-refractivity contribution in [2.45, 2.75) is 19.1 Å². The van der Waals surface area contributed by atoms with Gasteiger partial charge in [-0.25, -0.2) is 4.39 Å². The Morgan fingerprint density at radius 1 is 1.56 bits per heavy atom. The molecule has 0 fully saturated rings. The molecule has 2 atom stereocenters. The van der Waals surface area contributed by atoms with Gasteiger partial charge in [-0.1, -0.05) is 17.2 Å². The molecule has 0 spiro atoms. The van der Waals surface area contributed by atoms with Gasteiger partial charge in [-0.3, -0.25) is 4.79 Å². The first kappa shape index (κ1) is 14.1. The summed E-state index contributed by atoms with van der Waals surface area (Å²) in [6, 6.07) is 3.94. The van der Waals surface area contributed by atoms with Crippen LogP contribution in [0.1, 0.15) is 28.9 Å². The summed E-state index contributed by atoms with van der Waals surface area (Å²) >= 11 is 0. The fraction of sp³-hybridized carbons (Fsp3) is 0.364. The van der Waals surface area contributed by atoms with Crippen LogP contribution in [0.5, 0.6) is 0 Å². The van der Waals surface area contributed by atoms with E-state index in [2.05, 4.69) is 10.0 Å². The molecule has 1 aromatic rings. The number of Topliss-reactive ketones (excluding diaryl/α,β-unsaturated/α-hetero) is 1. The highest BCUT2D eigenvalue weighted by molar-refractivity contribution is 5.94. The van der Waals surface area contributed by atoms with Crippen LogP contribution in [0, 0.1) is 5.82 Å². The number of carbonyl (C=O) groups excluding carboxylic acids is 1. The summed E-state index contributed by atoms with van der Waals surface area (Å²) in [5.74, 6) is -1.36. The van der Waals surface area contributed by atoms with Crippen LogP contribution in [0.4, 0.5) is 4.39 Å². The molecule has 0 radical (unpaired) electrons. The quantitative estimate of drug-likeness (QED) is 0.361. The highest BCUT2D eigenvalue weighted by atomic mass is 19.1. The Morgan fingerprint density at radius 2 is 2.22 bits per heavy atom. The number of rotatable bonds is 5. The molecule has 0 aliphatic carbocycles. The molecule has 0 heterocycles. The van der Waals surface area contributed by atoms with Crippen molar-refractivity contribution < 1.29 is 19.4 Å². The standard InChI is InChI=1S/C11H12FN3O3/c1-6(16)7-3-2-4-8(10(7)12)11(18)9(17)5-14-15-13/h2-4,9,11,17-18H,5H2,1H3. The number of ketones is 1. The Hall–Kier alpha value is -1.95. The Kier molecular flexibility index (Phi) is 4.79. The van der Waals surface area contributed by atoms with Crippen LogP contribution in [0.25, 0.3) is 10.4 Å². The van der Waals surface area contributed by atoms with Crippen molar-refractivity contribution in [3.8, 4) is 0 Å². The second kappa shape index (κ2) is 6.11. The molecule has 1 aromatic carbocycles. The fourth-order valence-corrected chi connectivity index (χ4v) is 1.48. The number of aliphatic hydroxyl groups is 2. The number of nitrogens with zero attached hydrogens (tertiary/aromatic N) is 3. The third kappa shape index (κ3) is 3.04. The first-order valence-electron chi connectivity index (χ1n) is 5.15. The zero-order chi connectivity index (χ0) is 13.7. The molecule has 0 saturated heterocycles.